The number of carbonyl (C=O) groups is 1. The number of piperidine rings is 1. The van der Waals surface area contributed by atoms with Crippen LogP contribution in [0.1, 0.15) is 13.3 Å². The summed E-state index contributed by atoms with van der Waals surface area (Å²) in [5, 5.41) is 11.7. The summed E-state index contributed by atoms with van der Waals surface area (Å²) in [6, 6.07) is 0. The number of hydroxylamine groups is 2. The van der Waals surface area contributed by atoms with Gasteiger partial charge in [0.1, 0.15) is 0 Å². The lowest BCUT2D eigenvalue weighted by Gasteiger charge is -2.39. The lowest BCUT2D eigenvalue weighted by Crippen LogP contribution is -2.42. The van der Waals surface area contributed by atoms with Gasteiger partial charge in [0.15, 0.2) is 0 Å². The number of hydrogen-bond acceptors (Lipinski definition) is 3. The minimum absolute atomic E-state index is 0.249. The Balaban J connectivity index is 2.54. The van der Waals surface area contributed by atoms with E-state index in [2.05, 4.69) is 0 Å². The van der Waals surface area contributed by atoms with Crippen molar-refractivity contribution >= 4 is 5.91 Å². The van der Waals surface area contributed by atoms with Crippen molar-refractivity contribution in [2.75, 3.05) is 13.1 Å². The second-order valence-electron chi connectivity index (χ2n) is 3.16. The Labute approximate surface area is 65.9 Å². The highest BCUT2D eigenvalue weighted by atomic mass is 16.5. The van der Waals surface area contributed by atoms with Gasteiger partial charge < -0.3 is 16.0 Å². The molecule has 2 atom stereocenters. The van der Waals surface area contributed by atoms with Gasteiger partial charge in [0.25, 0.3) is 0 Å². The molecule has 11 heavy (non-hydrogen) atoms. The van der Waals surface area contributed by atoms with Crippen LogP contribution in [0, 0.1) is 17.0 Å². The van der Waals surface area contributed by atoms with Gasteiger partial charge in [-0.15, -0.1) is 0 Å². The van der Waals surface area contributed by atoms with Crippen LogP contribution in [-0.2, 0) is 4.79 Å². The molecule has 1 fully saturated rings. The van der Waals surface area contributed by atoms with E-state index in [1.165, 1.54) is 0 Å². The van der Waals surface area contributed by atoms with Gasteiger partial charge in [-0.25, -0.2) is 0 Å². The minimum Gasteiger partial charge on any atom is -0.785 e. The fourth-order valence-corrected chi connectivity index (χ4v) is 1.41. The third-order valence-electron chi connectivity index (χ3n) is 2.29. The topological polar surface area (TPSA) is 69.4 Å². The Bertz CT molecular complexity index is 161. The molecule has 0 saturated carbocycles. The van der Waals surface area contributed by atoms with E-state index >= 15 is 0 Å². The molecule has 2 unspecified atom stereocenters. The van der Waals surface area contributed by atoms with Gasteiger partial charge in [0.05, 0.1) is 5.92 Å². The number of nitrogens with zero attached hydrogens (tertiary/aromatic N) is 1. The summed E-state index contributed by atoms with van der Waals surface area (Å²) in [6.07, 6.45) is 0.775. The quantitative estimate of drug-likeness (QED) is 0.579. The zero-order chi connectivity index (χ0) is 8.43. The van der Waals surface area contributed by atoms with E-state index in [4.69, 9.17) is 5.73 Å². The number of amides is 1. The van der Waals surface area contributed by atoms with Gasteiger partial charge in [-0.1, -0.05) is 6.92 Å². The Morgan fingerprint density at radius 1 is 1.73 bits per heavy atom. The van der Waals surface area contributed by atoms with Crippen LogP contribution in [0.15, 0.2) is 0 Å². The third-order valence-corrected chi connectivity index (χ3v) is 2.29. The first-order valence-corrected chi connectivity index (χ1v) is 3.82. The Morgan fingerprint density at radius 2 is 2.36 bits per heavy atom. The normalized spacial score (nSPS) is 33.6. The van der Waals surface area contributed by atoms with E-state index in [1.807, 2.05) is 6.92 Å². The summed E-state index contributed by atoms with van der Waals surface area (Å²) in [4.78, 5) is 10.8. The lowest BCUT2D eigenvalue weighted by molar-refractivity contribution is -0.124. The number of primary amides is 1. The van der Waals surface area contributed by atoms with E-state index in [1.54, 1.807) is 0 Å². The highest BCUT2D eigenvalue weighted by molar-refractivity contribution is 5.77. The molecule has 4 heteroatoms. The number of carbonyl (C=O) groups excluding carboxylic acids is 1. The molecule has 1 heterocycles. The summed E-state index contributed by atoms with van der Waals surface area (Å²) >= 11 is 0. The van der Waals surface area contributed by atoms with Crippen LogP contribution in [0.5, 0.6) is 0 Å². The van der Waals surface area contributed by atoms with Crippen molar-refractivity contribution in [2.24, 2.45) is 17.6 Å². The SMILES string of the molecule is CC1CCN([O-])CC1C(N)=O. The first-order chi connectivity index (χ1) is 5.11. The lowest BCUT2D eigenvalue weighted by atomic mass is 9.87. The molecule has 0 radical (unpaired) electrons. The van der Waals surface area contributed by atoms with Gasteiger partial charge in [0.2, 0.25) is 5.91 Å². The molecular formula is C7H13N2O2-. The molecule has 0 aromatic rings. The van der Waals surface area contributed by atoms with Crippen LogP contribution in [0.3, 0.4) is 0 Å². The van der Waals surface area contributed by atoms with Gasteiger partial charge in [-0.2, -0.15) is 0 Å². The van der Waals surface area contributed by atoms with Gasteiger partial charge in [-0.3, -0.25) is 4.79 Å². The third kappa shape index (κ3) is 1.91. The van der Waals surface area contributed by atoms with Crippen LogP contribution in [0.4, 0.5) is 0 Å². The molecule has 0 bridgehead atoms. The van der Waals surface area contributed by atoms with E-state index < -0.39 is 0 Å². The van der Waals surface area contributed by atoms with Crippen molar-refractivity contribution in [1.29, 1.82) is 0 Å². The maximum absolute atomic E-state index is 10.8. The number of rotatable bonds is 1. The first-order valence-electron chi connectivity index (χ1n) is 3.82. The molecule has 1 saturated heterocycles. The van der Waals surface area contributed by atoms with Crippen molar-refractivity contribution in [3.05, 3.63) is 5.21 Å². The van der Waals surface area contributed by atoms with Crippen molar-refractivity contribution in [1.82, 2.24) is 5.06 Å². The highest BCUT2D eigenvalue weighted by Crippen LogP contribution is 2.21. The average molecular weight is 157 g/mol. The van der Waals surface area contributed by atoms with E-state index in [0.717, 1.165) is 11.5 Å². The molecule has 2 N–H and O–H groups in total. The highest BCUT2D eigenvalue weighted by Gasteiger charge is 2.26. The molecule has 64 valence electrons. The smallest absolute Gasteiger partial charge is 0.222 e. The Kier molecular flexibility index (Phi) is 2.46. The summed E-state index contributed by atoms with van der Waals surface area (Å²) in [5.41, 5.74) is 5.12. The zero-order valence-corrected chi connectivity index (χ0v) is 6.62. The van der Waals surface area contributed by atoms with Crippen molar-refractivity contribution in [3.8, 4) is 0 Å². The Morgan fingerprint density at radius 3 is 2.82 bits per heavy atom. The average Bonchev–Trinajstić information content (AvgIpc) is 1.94. The molecule has 1 aliphatic rings. The number of hydrogen-bond donors (Lipinski definition) is 1. The van der Waals surface area contributed by atoms with Crippen molar-refractivity contribution in [2.45, 2.75) is 13.3 Å². The van der Waals surface area contributed by atoms with Gasteiger partial charge >= 0.3 is 0 Å². The fourth-order valence-electron chi connectivity index (χ4n) is 1.41. The monoisotopic (exact) mass is 157 g/mol. The predicted molar refractivity (Wildman–Crippen MR) is 41.4 cm³/mol. The molecule has 0 aliphatic carbocycles. The van der Waals surface area contributed by atoms with Gasteiger partial charge in [0, 0.05) is 0 Å². The molecule has 1 aliphatic heterocycles. The van der Waals surface area contributed by atoms with E-state index in [9.17, 15) is 10.0 Å². The molecule has 0 spiro atoms. The second-order valence-corrected chi connectivity index (χ2v) is 3.16. The van der Waals surface area contributed by atoms with Crippen LogP contribution < -0.4 is 5.73 Å². The fraction of sp³-hybridized carbons (Fsp3) is 0.857. The Hall–Kier alpha value is -0.610. The van der Waals surface area contributed by atoms with Crippen molar-refractivity contribution in [3.63, 3.8) is 0 Å². The summed E-state index contributed by atoms with van der Waals surface area (Å²) in [7, 11) is 0. The maximum Gasteiger partial charge on any atom is 0.222 e. The molecule has 0 aromatic heterocycles. The van der Waals surface area contributed by atoms with E-state index in [-0.39, 0.29) is 24.3 Å². The molecule has 1 amide bonds. The molecule has 0 aromatic carbocycles. The molecule has 1 rings (SSSR count). The van der Waals surface area contributed by atoms with Crippen LogP contribution in [0.2, 0.25) is 0 Å². The summed E-state index contributed by atoms with van der Waals surface area (Å²) in [5.74, 6) is -0.336. The molecular weight excluding hydrogens is 144 g/mol. The maximum atomic E-state index is 10.8. The summed E-state index contributed by atoms with van der Waals surface area (Å²) < 4.78 is 0. The zero-order valence-electron chi connectivity index (χ0n) is 6.62. The largest absolute Gasteiger partial charge is 0.785 e. The van der Waals surface area contributed by atoms with Gasteiger partial charge in [-0.05, 0) is 25.4 Å². The van der Waals surface area contributed by atoms with Crippen LogP contribution in [-0.4, -0.2) is 24.1 Å². The van der Waals surface area contributed by atoms with Crippen LogP contribution in [0.25, 0.3) is 0 Å². The minimum atomic E-state index is -0.349. The van der Waals surface area contributed by atoms with Crippen molar-refractivity contribution < 1.29 is 4.79 Å². The predicted octanol–water partition coefficient (Wildman–Crippen LogP) is -0.0725. The summed E-state index contributed by atoms with van der Waals surface area (Å²) in [6.45, 7) is 2.77. The first kappa shape index (κ1) is 8.49. The van der Waals surface area contributed by atoms with Crippen LogP contribution >= 0.6 is 0 Å². The second kappa shape index (κ2) is 3.19. The number of nitrogens with two attached hydrogens (primary N) is 1. The van der Waals surface area contributed by atoms with E-state index in [0.29, 0.717) is 6.54 Å². The standard InChI is InChI=1S/C7H13N2O2/c1-5-2-3-9(11)4-6(5)7(8)10/h5-6H,2-4H2,1H3,(H2,8,10)/q-1. The molecule has 4 nitrogen and oxygen atoms in total.